The normalized spacial score (nSPS) is 16.8. The van der Waals surface area contributed by atoms with Crippen molar-refractivity contribution in [3.8, 4) is 5.75 Å². The Kier molecular flexibility index (Phi) is 5.43. The fourth-order valence-corrected chi connectivity index (χ4v) is 3.37. The number of aromatic carboxylic acids is 1. The van der Waals surface area contributed by atoms with Crippen LogP contribution >= 0.6 is 27.7 Å². The third kappa shape index (κ3) is 4.14. The van der Waals surface area contributed by atoms with Gasteiger partial charge in [0.1, 0.15) is 5.75 Å². The molecule has 2 aromatic carbocycles. The number of hydrogen-bond donors (Lipinski definition) is 2. The Morgan fingerprint density at radius 2 is 2.00 bits per heavy atom. The van der Waals surface area contributed by atoms with Gasteiger partial charge in [0.05, 0.1) is 23.3 Å². The van der Waals surface area contributed by atoms with Crippen molar-refractivity contribution in [3.63, 3.8) is 0 Å². The Balaban J connectivity index is 1.83. The summed E-state index contributed by atoms with van der Waals surface area (Å²) in [5.41, 5.74) is 1.55. The largest absolute Gasteiger partial charge is 0.497 e. The molecule has 3 rings (SSSR count). The van der Waals surface area contributed by atoms with Gasteiger partial charge in [-0.25, -0.2) is 9.79 Å². The fourth-order valence-electron chi connectivity index (χ4n) is 2.18. The standard InChI is InChI=1S/C18H13BrN2O4S/c1-25-13-6-7-14(19)11(8-13)9-15-16(22)21-18(26-15)20-12-4-2-10(3-5-12)17(23)24/h2-9H,1H3,(H,23,24)(H,20,21,22)/b15-9+. The summed E-state index contributed by atoms with van der Waals surface area (Å²) >= 11 is 4.67. The molecular formula is C18H13BrN2O4S. The minimum atomic E-state index is -0.998. The monoisotopic (exact) mass is 432 g/mol. The number of carbonyl (C=O) groups excluding carboxylic acids is 1. The van der Waals surface area contributed by atoms with Crippen LogP contribution in [0, 0.1) is 0 Å². The van der Waals surface area contributed by atoms with Gasteiger partial charge in [0.15, 0.2) is 5.17 Å². The molecule has 1 aliphatic rings. The molecule has 0 aromatic heterocycles. The topological polar surface area (TPSA) is 88.0 Å². The van der Waals surface area contributed by atoms with Gasteiger partial charge in [0.2, 0.25) is 0 Å². The molecule has 26 heavy (non-hydrogen) atoms. The van der Waals surface area contributed by atoms with Gasteiger partial charge in [-0.05, 0) is 65.9 Å². The van der Waals surface area contributed by atoms with E-state index >= 15 is 0 Å². The van der Waals surface area contributed by atoms with Gasteiger partial charge in [-0.1, -0.05) is 15.9 Å². The molecule has 0 radical (unpaired) electrons. The lowest BCUT2D eigenvalue weighted by molar-refractivity contribution is -0.115. The third-order valence-corrected chi connectivity index (χ3v) is 5.12. The number of halogens is 1. The lowest BCUT2D eigenvalue weighted by Gasteiger charge is -2.03. The molecule has 132 valence electrons. The number of aliphatic imine (C=N–C) groups is 1. The van der Waals surface area contributed by atoms with Crippen molar-refractivity contribution in [1.82, 2.24) is 5.32 Å². The highest BCUT2D eigenvalue weighted by Crippen LogP contribution is 2.31. The van der Waals surface area contributed by atoms with Crippen LogP contribution in [-0.2, 0) is 4.79 Å². The molecule has 0 atom stereocenters. The average Bonchev–Trinajstić information content (AvgIpc) is 2.96. The zero-order valence-electron chi connectivity index (χ0n) is 13.5. The number of benzene rings is 2. The second kappa shape index (κ2) is 7.76. The number of carboxylic acids is 1. The van der Waals surface area contributed by atoms with Crippen LogP contribution in [0.5, 0.6) is 5.75 Å². The van der Waals surface area contributed by atoms with Gasteiger partial charge in [-0.3, -0.25) is 4.79 Å². The highest BCUT2D eigenvalue weighted by molar-refractivity contribution is 9.10. The Morgan fingerprint density at radius 3 is 2.65 bits per heavy atom. The molecule has 1 amide bonds. The van der Waals surface area contributed by atoms with Crippen molar-refractivity contribution < 1.29 is 19.4 Å². The third-order valence-electron chi connectivity index (χ3n) is 3.49. The second-order valence-electron chi connectivity index (χ2n) is 5.22. The zero-order valence-corrected chi connectivity index (χ0v) is 15.9. The van der Waals surface area contributed by atoms with Crippen LogP contribution in [0.4, 0.5) is 5.69 Å². The minimum absolute atomic E-state index is 0.181. The van der Waals surface area contributed by atoms with Crippen LogP contribution in [0.2, 0.25) is 0 Å². The maximum absolute atomic E-state index is 12.2. The van der Waals surface area contributed by atoms with Crippen LogP contribution in [-0.4, -0.2) is 29.3 Å². The predicted octanol–water partition coefficient (Wildman–Crippen LogP) is 4.05. The van der Waals surface area contributed by atoms with Gasteiger partial charge in [0.25, 0.3) is 5.91 Å². The maximum Gasteiger partial charge on any atom is 0.335 e. The minimum Gasteiger partial charge on any atom is -0.497 e. The average molecular weight is 433 g/mol. The number of thioether (sulfide) groups is 1. The molecule has 1 fully saturated rings. The molecule has 0 aliphatic carbocycles. The fraction of sp³-hybridized carbons (Fsp3) is 0.0556. The first-order chi connectivity index (χ1) is 12.5. The molecule has 2 aromatic rings. The highest BCUT2D eigenvalue weighted by atomic mass is 79.9. The van der Waals surface area contributed by atoms with Gasteiger partial charge in [-0.15, -0.1) is 0 Å². The van der Waals surface area contributed by atoms with Crippen LogP contribution in [0.15, 0.2) is 56.8 Å². The van der Waals surface area contributed by atoms with Crippen LogP contribution < -0.4 is 10.1 Å². The van der Waals surface area contributed by atoms with E-state index in [1.807, 2.05) is 18.2 Å². The number of carbonyl (C=O) groups is 2. The molecule has 0 spiro atoms. The van der Waals surface area contributed by atoms with E-state index in [2.05, 4.69) is 26.2 Å². The van der Waals surface area contributed by atoms with Gasteiger partial charge in [0, 0.05) is 4.47 Å². The van der Waals surface area contributed by atoms with Gasteiger partial charge >= 0.3 is 5.97 Å². The Labute approximate surface area is 162 Å². The summed E-state index contributed by atoms with van der Waals surface area (Å²) in [5.74, 6) is -0.552. The predicted molar refractivity (Wildman–Crippen MR) is 105 cm³/mol. The molecule has 1 saturated heterocycles. The van der Waals surface area contributed by atoms with Crippen LogP contribution in [0.3, 0.4) is 0 Å². The first-order valence-corrected chi connectivity index (χ1v) is 9.03. The molecule has 8 heteroatoms. The molecule has 2 N–H and O–H groups in total. The molecular weight excluding hydrogens is 420 g/mol. The summed E-state index contributed by atoms with van der Waals surface area (Å²) in [5, 5.41) is 12.0. The summed E-state index contributed by atoms with van der Waals surface area (Å²) in [6.45, 7) is 0. The van der Waals surface area contributed by atoms with Crippen molar-refractivity contribution in [2.45, 2.75) is 0 Å². The number of rotatable bonds is 4. The van der Waals surface area contributed by atoms with Crippen molar-refractivity contribution in [2.75, 3.05) is 7.11 Å². The Bertz CT molecular complexity index is 939. The number of carboxylic acid groups (broad SMARTS) is 1. The first-order valence-electron chi connectivity index (χ1n) is 7.43. The van der Waals surface area contributed by atoms with E-state index < -0.39 is 5.97 Å². The quantitative estimate of drug-likeness (QED) is 0.711. The lowest BCUT2D eigenvalue weighted by atomic mass is 10.2. The number of amidine groups is 1. The van der Waals surface area contributed by atoms with E-state index in [1.165, 1.54) is 23.9 Å². The Morgan fingerprint density at radius 1 is 1.27 bits per heavy atom. The molecule has 1 heterocycles. The zero-order chi connectivity index (χ0) is 18.7. The van der Waals surface area contributed by atoms with Crippen molar-refractivity contribution in [2.24, 2.45) is 4.99 Å². The maximum atomic E-state index is 12.2. The molecule has 6 nitrogen and oxygen atoms in total. The Hall–Kier alpha value is -2.58. The van der Waals surface area contributed by atoms with Crippen LogP contribution in [0.25, 0.3) is 6.08 Å². The number of nitrogens with one attached hydrogen (secondary N) is 1. The highest BCUT2D eigenvalue weighted by Gasteiger charge is 2.24. The van der Waals surface area contributed by atoms with E-state index in [4.69, 9.17) is 9.84 Å². The SMILES string of the molecule is COc1ccc(Br)c(/C=C2/SC(=Nc3ccc(C(=O)O)cc3)NC2=O)c1. The van der Waals surface area contributed by atoms with Crippen molar-refractivity contribution in [3.05, 3.63) is 63.0 Å². The number of nitrogens with zero attached hydrogens (tertiary/aromatic N) is 1. The van der Waals surface area contributed by atoms with Crippen molar-refractivity contribution in [1.29, 1.82) is 0 Å². The van der Waals surface area contributed by atoms with E-state index in [0.29, 0.717) is 21.5 Å². The summed E-state index contributed by atoms with van der Waals surface area (Å²) in [4.78, 5) is 27.9. The first kappa shape index (κ1) is 18.2. The number of ether oxygens (including phenoxy) is 1. The molecule has 0 saturated carbocycles. The number of amides is 1. The van der Waals surface area contributed by atoms with E-state index in [1.54, 1.807) is 25.3 Å². The summed E-state index contributed by atoms with van der Waals surface area (Å²) < 4.78 is 6.05. The molecule has 0 unspecified atom stereocenters. The van der Waals surface area contributed by atoms with Gasteiger partial charge in [-0.2, -0.15) is 0 Å². The van der Waals surface area contributed by atoms with E-state index in [9.17, 15) is 9.59 Å². The lowest BCUT2D eigenvalue weighted by Crippen LogP contribution is -2.19. The van der Waals surface area contributed by atoms with Crippen LogP contribution in [0.1, 0.15) is 15.9 Å². The van der Waals surface area contributed by atoms with Gasteiger partial charge < -0.3 is 15.2 Å². The number of methoxy groups -OCH3 is 1. The van der Waals surface area contributed by atoms with E-state index in [-0.39, 0.29) is 11.5 Å². The second-order valence-corrected chi connectivity index (χ2v) is 7.11. The molecule has 0 bridgehead atoms. The van der Waals surface area contributed by atoms with E-state index in [0.717, 1.165) is 10.0 Å². The molecule has 1 aliphatic heterocycles. The summed E-state index contributed by atoms with van der Waals surface area (Å²) in [6.07, 6.45) is 1.75. The summed E-state index contributed by atoms with van der Waals surface area (Å²) in [7, 11) is 1.58. The smallest absolute Gasteiger partial charge is 0.335 e. The van der Waals surface area contributed by atoms with Crippen molar-refractivity contribution >= 4 is 56.5 Å². The number of hydrogen-bond acceptors (Lipinski definition) is 5. The summed E-state index contributed by atoms with van der Waals surface area (Å²) in [6, 6.07) is 11.6.